The second-order valence-corrected chi connectivity index (χ2v) is 7.58. The molecule has 148 valence electrons. The van der Waals surface area contributed by atoms with Crippen LogP contribution in [0.5, 0.6) is 0 Å². The number of rotatable bonds is 7. The van der Waals surface area contributed by atoms with E-state index in [1.54, 1.807) is 6.92 Å². The number of hydrogen-bond donors (Lipinski definition) is 4. The second kappa shape index (κ2) is 8.37. The number of fused-ring (bicyclic) bond motifs is 1. The van der Waals surface area contributed by atoms with Crippen LogP contribution in [0.2, 0.25) is 0 Å². The highest BCUT2D eigenvalue weighted by Gasteiger charge is 2.39. The zero-order valence-electron chi connectivity index (χ0n) is 15.8. The lowest BCUT2D eigenvalue weighted by atomic mass is 9.97. The molecule has 4 N–H and O–H groups in total. The van der Waals surface area contributed by atoms with Crippen molar-refractivity contribution < 1.29 is 19.8 Å². The first kappa shape index (κ1) is 19.8. The molecule has 0 aromatic heterocycles. The predicted octanol–water partition coefficient (Wildman–Crippen LogP) is -0.406. The lowest BCUT2D eigenvalue weighted by molar-refractivity contribution is -0.136. The van der Waals surface area contributed by atoms with Gasteiger partial charge in [0.15, 0.2) is 0 Å². The van der Waals surface area contributed by atoms with Crippen molar-refractivity contribution in [2.24, 2.45) is 0 Å². The Balaban J connectivity index is 1.70. The number of benzene rings is 1. The van der Waals surface area contributed by atoms with E-state index in [4.69, 9.17) is 0 Å². The Hall–Kier alpha value is -1.96. The third kappa shape index (κ3) is 4.15. The van der Waals surface area contributed by atoms with Crippen molar-refractivity contribution in [3.05, 3.63) is 35.4 Å². The third-order valence-electron chi connectivity index (χ3n) is 5.94. The van der Waals surface area contributed by atoms with Crippen molar-refractivity contribution in [3.63, 3.8) is 0 Å². The van der Waals surface area contributed by atoms with E-state index >= 15 is 0 Å². The van der Waals surface area contributed by atoms with E-state index < -0.39 is 11.6 Å². The molecule has 1 aliphatic heterocycles. The maximum atomic E-state index is 12.6. The molecule has 2 aliphatic rings. The SMILES string of the molecule is CCC(CO)(CO)NC(=O)CC1C(=O)NCCN1C1Cc2ccccc2C1. The molecule has 0 spiro atoms. The molecule has 7 nitrogen and oxygen atoms in total. The molecule has 0 radical (unpaired) electrons. The molecule has 0 saturated carbocycles. The molecular weight excluding hydrogens is 346 g/mol. The van der Waals surface area contributed by atoms with Gasteiger partial charge in [-0.2, -0.15) is 0 Å². The molecule has 1 aromatic carbocycles. The van der Waals surface area contributed by atoms with Gasteiger partial charge in [0.2, 0.25) is 11.8 Å². The van der Waals surface area contributed by atoms with Crippen molar-refractivity contribution in [1.82, 2.24) is 15.5 Å². The number of amides is 2. The largest absolute Gasteiger partial charge is 0.394 e. The highest BCUT2D eigenvalue weighted by Crippen LogP contribution is 2.28. The average molecular weight is 375 g/mol. The van der Waals surface area contributed by atoms with Crippen LogP contribution in [-0.4, -0.2) is 70.9 Å². The molecule has 1 aliphatic carbocycles. The number of aliphatic hydroxyl groups is 2. The molecule has 0 bridgehead atoms. The molecule has 27 heavy (non-hydrogen) atoms. The molecule has 2 amide bonds. The van der Waals surface area contributed by atoms with Crippen molar-refractivity contribution in [1.29, 1.82) is 0 Å². The molecule has 1 heterocycles. The Morgan fingerprint density at radius 3 is 2.44 bits per heavy atom. The van der Waals surface area contributed by atoms with Crippen LogP contribution in [0.1, 0.15) is 30.9 Å². The van der Waals surface area contributed by atoms with Gasteiger partial charge in [-0.1, -0.05) is 31.2 Å². The van der Waals surface area contributed by atoms with Gasteiger partial charge in [-0.3, -0.25) is 14.5 Å². The highest BCUT2D eigenvalue weighted by molar-refractivity contribution is 5.89. The van der Waals surface area contributed by atoms with Gasteiger partial charge in [-0.15, -0.1) is 0 Å². The van der Waals surface area contributed by atoms with Crippen molar-refractivity contribution in [2.45, 2.75) is 50.2 Å². The van der Waals surface area contributed by atoms with Crippen LogP contribution in [0.25, 0.3) is 0 Å². The van der Waals surface area contributed by atoms with Crippen LogP contribution < -0.4 is 10.6 Å². The molecule has 3 rings (SSSR count). The summed E-state index contributed by atoms with van der Waals surface area (Å²) < 4.78 is 0. The number of piperazine rings is 1. The van der Waals surface area contributed by atoms with E-state index in [0.717, 1.165) is 12.8 Å². The molecular formula is C20H29N3O4. The Bertz CT molecular complexity index is 656. The van der Waals surface area contributed by atoms with Crippen molar-refractivity contribution in [2.75, 3.05) is 26.3 Å². The average Bonchev–Trinajstić information content (AvgIpc) is 3.12. The van der Waals surface area contributed by atoms with E-state index in [0.29, 0.717) is 19.5 Å². The summed E-state index contributed by atoms with van der Waals surface area (Å²) in [6.07, 6.45) is 2.19. The first-order valence-corrected chi connectivity index (χ1v) is 9.65. The molecule has 1 saturated heterocycles. The van der Waals surface area contributed by atoms with Crippen LogP contribution >= 0.6 is 0 Å². The number of carbonyl (C=O) groups excluding carboxylic acids is 2. The van der Waals surface area contributed by atoms with E-state index in [9.17, 15) is 19.8 Å². The summed E-state index contributed by atoms with van der Waals surface area (Å²) in [5.74, 6) is -0.468. The summed E-state index contributed by atoms with van der Waals surface area (Å²) in [4.78, 5) is 27.2. The third-order valence-corrected chi connectivity index (χ3v) is 5.94. The molecule has 1 fully saturated rings. The van der Waals surface area contributed by atoms with Crippen molar-refractivity contribution >= 4 is 11.8 Å². The summed E-state index contributed by atoms with van der Waals surface area (Å²) in [6, 6.07) is 7.98. The summed E-state index contributed by atoms with van der Waals surface area (Å²) in [5.41, 5.74) is 1.57. The molecule has 1 unspecified atom stereocenters. The standard InChI is InChI=1S/C20H29N3O4/c1-2-20(12-24,13-25)22-18(26)11-17-19(27)21-7-8-23(17)16-9-14-5-3-4-6-15(14)10-16/h3-6,16-17,24-25H,2,7-13H2,1H3,(H,21,27)(H,22,26). The van der Waals surface area contributed by atoms with E-state index in [-0.39, 0.29) is 37.5 Å². The van der Waals surface area contributed by atoms with E-state index in [1.807, 2.05) is 12.1 Å². The van der Waals surface area contributed by atoms with Gasteiger partial charge in [0.05, 0.1) is 31.2 Å². The second-order valence-electron chi connectivity index (χ2n) is 7.58. The number of aliphatic hydroxyl groups excluding tert-OH is 2. The summed E-state index contributed by atoms with van der Waals surface area (Å²) in [6.45, 7) is 2.40. The smallest absolute Gasteiger partial charge is 0.237 e. The van der Waals surface area contributed by atoms with Crippen LogP contribution in [0.15, 0.2) is 24.3 Å². The minimum Gasteiger partial charge on any atom is -0.394 e. The maximum absolute atomic E-state index is 12.6. The van der Waals surface area contributed by atoms with Crippen molar-refractivity contribution in [3.8, 4) is 0 Å². The maximum Gasteiger partial charge on any atom is 0.237 e. The lowest BCUT2D eigenvalue weighted by Gasteiger charge is -2.39. The van der Waals surface area contributed by atoms with Gasteiger partial charge in [-0.05, 0) is 30.4 Å². The predicted molar refractivity (Wildman–Crippen MR) is 101 cm³/mol. The quantitative estimate of drug-likeness (QED) is 0.519. The van der Waals surface area contributed by atoms with Gasteiger partial charge in [0, 0.05) is 19.1 Å². The molecule has 7 heteroatoms. The van der Waals surface area contributed by atoms with Crippen LogP contribution in [0, 0.1) is 0 Å². The summed E-state index contributed by atoms with van der Waals surface area (Å²) in [7, 11) is 0. The minimum atomic E-state index is -1.04. The fraction of sp³-hybridized carbons (Fsp3) is 0.600. The monoisotopic (exact) mass is 375 g/mol. The van der Waals surface area contributed by atoms with Gasteiger partial charge in [-0.25, -0.2) is 0 Å². The molecule has 1 aromatic rings. The number of carbonyl (C=O) groups is 2. The Labute approximate surface area is 159 Å². The zero-order chi connectivity index (χ0) is 19.4. The zero-order valence-corrected chi connectivity index (χ0v) is 15.8. The van der Waals surface area contributed by atoms with Gasteiger partial charge < -0.3 is 20.8 Å². The first-order chi connectivity index (χ1) is 13.0. The topological polar surface area (TPSA) is 102 Å². The van der Waals surface area contributed by atoms with Crippen LogP contribution in [0.3, 0.4) is 0 Å². The number of nitrogens with one attached hydrogen (secondary N) is 2. The fourth-order valence-electron chi connectivity index (χ4n) is 4.11. The highest BCUT2D eigenvalue weighted by atomic mass is 16.3. The van der Waals surface area contributed by atoms with Gasteiger partial charge in [0.25, 0.3) is 0 Å². The number of nitrogens with zero attached hydrogens (tertiary/aromatic N) is 1. The first-order valence-electron chi connectivity index (χ1n) is 9.65. The summed E-state index contributed by atoms with van der Waals surface area (Å²) >= 11 is 0. The Kier molecular flexibility index (Phi) is 6.14. The lowest BCUT2D eigenvalue weighted by Crippen LogP contribution is -2.61. The fourth-order valence-corrected chi connectivity index (χ4v) is 4.11. The van der Waals surface area contributed by atoms with E-state index in [1.165, 1.54) is 11.1 Å². The van der Waals surface area contributed by atoms with Gasteiger partial charge >= 0.3 is 0 Å². The van der Waals surface area contributed by atoms with Gasteiger partial charge in [0.1, 0.15) is 0 Å². The van der Waals surface area contributed by atoms with Crippen LogP contribution in [0.4, 0.5) is 0 Å². The normalized spacial score (nSPS) is 21.0. The Morgan fingerprint density at radius 1 is 1.26 bits per heavy atom. The van der Waals surface area contributed by atoms with Crippen LogP contribution in [-0.2, 0) is 22.4 Å². The number of hydrogen-bond acceptors (Lipinski definition) is 5. The van der Waals surface area contributed by atoms with E-state index in [2.05, 4.69) is 27.7 Å². The Morgan fingerprint density at radius 2 is 1.89 bits per heavy atom. The minimum absolute atomic E-state index is 0.0143. The summed E-state index contributed by atoms with van der Waals surface area (Å²) in [5, 5.41) is 24.7. The molecule has 1 atom stereocenters.